The van der Waals surface area contributed by atoms with Crippen molar-refractivity contribution >= 4 is 34.2 Å². The molecule has 2 unspecified atom stereocenters. The third kappa shape index (κ3) is 4.22. The summed E-state index contributed by atoms with van der Waals surface area (Å²) in [7, 11) is 0. The Labute approximate surface area is 161 Å². The first-order valence-electron chi connectivity index (χ1n) is 9.17. The van der Waals surface area contributed by atoms with Gasteiger partial charge < -0.3 is 14.8 Å². The number of carbonyl (C=O) groups excluding carboxylic acids is 1. The second kappa shape index (κ2) is 7.56. The number of fused-ring (bicyclic) bond motifs is 1. The van der Waals surface area contributed by atoms with Gasteiger partial charge in [-0.05, 0) is 49.4 Å². The molecule has 0 radical (unpaired) electrons. The lowest BCUT2D eigenvalue weighted by Crippen LogP contribution is -2.27. The van der Waals surface area contributed by atoms with Gasteiger partial charge in [0.25, 0.3) is 0 Å². The Morgan fingerprint density at radius 1 is 1.22 bits per heavy atom. The summed E-state index contributed by atoms with van der Waals surface area (Å²) in [5.41, 5.74) is 0.897. The van der Waals surface area contributed by atoms with E-state index in [1.165, 1.54) is 11.3 Å². The van der Waals surface area contributed by atoms with Crippen molar-refractivity contribution in [1.29, 1.82) is 0 Å². The average molecular weight is 383 g/mol. The molecule has 3 aromatic rings. The van der Waals surface area contributed by atoms with E-state index in [0.717, 1.165) is 47.3 Å². The minimum Gasteiger partial charge on any atom is -0.477 e. The molecule has 1 aromatic carbocycles. The first kappa shape index (κ1) is 17.8. The first-order valence-corrected chi connectivity index (χ1v) is 9.99. The fraction of sp³-hybridized carbons (Fsp3) is 0.333. The van der Waals surface area contributed by atoms with Gasteiger partial charge in [-0.15, -0.1) is 11.3 Å². The molecule has 1 aliphatic rings. The van der Waals surface area contributed by atoms with Crippen molar-refractivity contribution in [3.8, 4) is 0 Å². The number of aromatic carboxylic acids is 1. The molecule has 4 rings (SSSR count). The van der Waals surface area contributed by atoms with Gasteiger partial charge in [-0.3, -0.25) is 4.79 Å². The van der Waals surface area contributed by atoms with Crippen LogP contribution < -0.4 is 5.32 Å². The van der Waals surface area contributed by atoms with Gasteiger partial charge in [0, 0.05) is 29.1 Å². The second-order valence-corrected chi connectivity index (χ2v) is 8.19. The van der Waals surface area contributed by atoms with Crippen LogP contribution in [0.15, 0.2) is 46.9 Å². The Hall–Kier alpha value is -2.60. The van der Waals surface area contributed by atoms with Crippen LogP contribution in [0.1, 0.15) is 33.2 Å². The van der Waals surface area contributed by atoms with E-state index in [9.17, 15) is 9.59 Å². The molecule has 0 saturated heterocycles. The standard InChI is InChI=1S/C21H21NO4S/c23-20(22-9-3-5-16-7-8-19(27-16)21(24)25)17-12-14(17)11-15-10-13-4-1-2-6-18(13)26-15/h1-2,4,6-8,10,14,17H,3,5,9,11-12H2,(H,22,23)(H,24,25). The molecule has 1 fully saturated rings. The Balaban J connectivity index is 1.19. The van der Waals surface area contributed by atoms with E-state index < -0.39 is 5.97 Å². The average Bonchev–Trinajstić information content (AvgIpc) is 3.06. The van der Waals surface area contributed by atoms with E-state index in [1.807, 2.05) is 30.3 Å². The largest absolute Gasteiger partial charge is 0.477 e. The molecule has 2 N–H and O–H groups in total. The number of rotatable bonds is 8. The number of amides is 1. The number of carbonyl (C=O) groups is 2. The molecule has 2 aromatic heterocycles. The van der Waals surface area contributed by atoms with Crippen LogP contribution in [-0.2, 0) is 17.6 Å². The van der Waals surface area contributed by atoms with Crippen molar-refractivity contribution in [3.05, 3.63) is 58.0 Å². The fourth-order valence-corrected chi connectivity index (χ4v) is 4.31. The maximum absolute atomic E-state index is 12.3. The number of hydrogen-bond acceptors (Lipinski definition) is 4. The van der Waals surface area contributed by atoms with E-state index in [2.05, 4.69) is 11.4 Å². The monoisotopic (exact) mass is 383 g/mol. The van der Waals surface area contributed by atoms with Crippen molar-refractivity contribution in [1.82, 2.24) is 5.32 Å². The normalized spacial score (nSPS) is 18.5. The van der Waals surface area contributed by atoms with Gasteiger partial charge in [0.15, 0.2) is 0 Å². The SMILES string of the molecule is O=C(O)c1ccc(CCCNC(=O)C2CC2Cc2cc3ccccc3o2)s1. The van der Waals surface area contributed by atoms with Crippen molar-refractivity contribution in [3.63, 3.8) is 0 Å². The van der Waals surface area contributed by atoms with Crippen LogP contribution in [0, 0.1) is 11.8 Å². The smallest absolute Gasteiger partial charge is 0.345 e. The summed E-state index contributed by atoms with van der Waals surface area (Å²) in [5, 5.41) is 13.0. The number of para-hydroxylation sites is 1. The van der Waals surface area contributed by atoms with Crippen LogP contribution in [-0.4, -0.2) is 23.5 Å². The third-order valence-corrected chi connectivity index (χ3v) is 6.10. The van der Waals surface area contributed by atoms with Gasteiger partial charge in [-0.1, -0.05) is 18.2 Å². The molecule has 2 atom stereocenters. The zero-order chi connectivity index (χ0) is 18.8. The van der Waals surface area contributed by atoms with Crippen LogP contribution in [0.2, 0.25) is 0 Å². The number of hydrogen-bond donors (Lipinski definition) is 2. The van der Waals surface area contributed by atoms with E-state index in [1.54, 1.807) is 6.07 Å². The highest BCUT2D eigenvalue weighted by Crippen LogP contribution is 2.41. The number of carboxylic acids is 1. The van der Waals surface area contributed by atoms with Gasteiger partial charge in [0.05, 0.1) is 0 Å². The summed E-state index contributed by atoms with van der Waals surface area (Å²) < 4.78 is 5.84. The summed E-state index contributed by atoms with van der Waals surface area (Å²) in [5.74, 6) is 0.625. The zero-order valence-electron chi connectivity index (χ0n) is 14.8. The minimum atomic E-state index is -0.885. The lowest BCUT2D eigenvalue weighted by Gasteiger charge is -2.04. The number of furan rings is 1. The zero-order valence-corrected chi connectivity index (χ0v) is 15.6. The molecule has 140 valence electrons. The van der Waals surface area contributed by atoms with E-state index in [-0.39, 0.29) is 11.8 Å². The Kier molecular flexibility index (Phi) is 4.99. The van der Waals surface area contributed by atoms with E-state index in [0.29, 0.717) is 17.3 Å². The van der Waals surface area contributed by atoms with Crippen LogP contribution in [0.3, 0.4) is 0 Å². The van der Waals surface area contributed by atoms with E-state index >= 15 is 0 Å². The quantitative estimate of drug-likeness (QED) is 0.574. The summed E-state index contributed by atoms with van der Waals surface area (Å²) in [6, 6.07) is 13.5. The highest BCUT2D eigenvalue weighted by Gasteiger charge is 2.43. The predicted octanol–water partition coefficient (Wildman–Crippen LogP) is 4.12. The highest BCUT2D eigenvalue weighted by atomic mass is 32.1. The van der Waals surface area contributed by atoms with Gasteiger partial charge >= 0.3 is 5.97 Å². The van der Waals surface area contributed by atoms with Crippen LogP contribution >= 0.6 is 11.3 Å². The molecule has 1 saturated carbocycles. The predicted molar refractivity (Wildman–Crippen MR) is 104 cm³/mol. The van der Waals surface area contributed by atoms with Crippen LogP contribution in [0.4, 0.5) is 0 Å². The molecule has 2 heterocycles. The van der Waals surface area contributed by atoms with Gasteiger partial charge in [-0.25, -0.2) is 4.79 Å². The molecule has 0 bridgehead atoms. The Morgan fingerprint density at radius 2 is 2.07 bits per heavy atom. The Morgan fingerprint density at radius 3 is 2.85 bits per heavy atom. The number of carboxylic acid groups (broad SMARTS) is 1. The summed E-state index contributed by atoms with van der Waals surface area (Å²) >= 11 is 1.30. The van der Waals surface area contributed by atoms with Crippen molar-refractivity contribution in [2.45, 2.75) is 25.7 Å². The van der Waals surface area contributed by atoms with Gasteiger partial charge in [0.2, 0.25) is 5.91 Å². The van der Waals surface area contributed by atoms with Crippen molar-refractivity contribution < 1.29 is 19.1 Å². The topological polar surface area (TPSA) is 79.5 Å². The molecule has 0 aliphatic heterocycles. The molecule has 1 aliphatic carbocycles. The summed E-state index contributed by atoms with van der Waals surface area (Å²) in [4.78, 5) is 24.5. The lowest BCUT2D eigenvalue weighted by molar-refractivity contribution is -0.122. The maximum Gasteiger partial charge on any atom is 0.345 e. The van der Waals surface area contributed by atoms with E-state index in [4.69, 9.17) is 9.52 Å². The van der Waals surface area contributed by atoms with Crippen molar-refractivity contribution in [2.75, 3.05) is 6.54 Å². The first-order chi connectivity index (χ1) is 13.1. The molecule has 0 spiro atoms. The summed E-state index contributed by atoms with van der Waals surface area (Å²) in [6.45, 7) is 0.618. The number of thiophene rings is 1. The fourth-order valence-electron chi connectivity index (χ4n) is 3.42. The summed E-state index contributed by atoms with van der Waals surface area (Å²) in [6.07, 6.45) is 3.31. The number of nitrogens with one attached hydrogen (secondary N) is 1. The molecular weight excluding hydrogens is 362 g/mol. The minimum absolute atomic E-state index is 0.0820. The Bertz CT molecular complexity index is 940. The third-order valence-electron chi connectivity index (χ3n) is 4.97. The van der Waals surface area contributed by atoms with Crippen molar-refractivity contribution in [2.24, 2.45) is 11.8 Å². The second-order valence-electron chi connectivity index (χ2n) is 7.02. The van der Waals surface area contributed by atoms with Crippen LogP contribution in [0.25, 0.3) is 11.0 Å². The lowest BCUT2D eigenvalue weighted by atomic mass is 10.1. The van der Waals surface area contributed by atoms with Gasteiger partial charge in [-0.2, -0.15) is 0 Å². The van der Waals surface area contributed by atoms with Gasteiger partial charge in [0.1, 0.15) is 16.2 Å². The van der Waals surface area contributed by atoms with Crippen LogP contribution in [0.5, 0.6) is 0 Å². The molecule has 6 heteroatoms. The maximum atomic E-state index is 12.3. The number of aryl methyl sites for hydroxylation is 1. The molecule has 27 heavy (non-hydrogen) atoms. The highest BCUT2D eigenvalue weighted by molar-refractivity contribution is 7.13. The molecule has 5 nitrogen and oxygen atoms in total. The molecular formula is C21H21NO4S. The molecule has 1 amide bonds. The number of benzene rings is 1.